The first-order chi connectivity index (χ1) is 6.31. The zero-order chi connectivity index (χ0) is 9.26. The largest absolute Gasteiger partial charge is 0.410 e. The molecule has 2 rings (SSSR count). The monoisotopic (exact) mass is 193 g/mol. The number of nitrogens with zero attached hydrogens (tertiary/aromatic N) is 1. The fourth-order valence-corrected chi connectivity index (χ4v) is 2.17. The summed E-state index contributed by atoms with van der Waals surface area (Å²) >= 11 is 1.34. The first-order valence-electron chi connectivity index (χ1n) is 3.82. The molecule has 0 atom stereocenters. The molecule has 0 aliphatic carbocycles. The lowest BCUT2D eigenvalue weighted by Crippen LogP contribution is -2.12. The number of benzene rings is 1. The number of Topliss-reactive ketones (excluding diaryl/α,β-unsaturated/α-hetero) is 1. The van der Waals surface area contributed by atoms with E-state index in [0.717, 1.165) is 10.5 Å². The second kappa shape index (κ2) is 3.22. The quantitative estimate of drug-likeness (QED) is 0.507. The molecule has 1 heterocycles. The molecule has 1 aliphatic heterocycles. The van der Waals surface area contributed by atoms with Gasteiger partial charge in [-0.05, 0) is 6.07 Å². The van der Waals surface area contributed by atoms with Crippen molar-refractivity contribution >= 4 is 22.6 Å². The van der Waals surface area contributed by atoms with E-state index in [9.17, 15) is 4.79 Å². The summed E-state index contributed by atoms with van der Waals surface area (Å²) < 4.78 is 0. The van der Waals surface area contributed by atoms with Gasteiger partial charge in [0.05, 0.1) is 6.42 Å². The molecule has 0 saturated carbocycles. The summed E-state index contributed by atoms with van der Waals surface area (Å²) in [5.41, 5.74) is 0.722. The van der Waals surface area contributed by atoms with Crippen LogP contribution in [0.2, 0.25) is 0 Å². The predicted molar refractivity (Wildman–Crippen MR) is 50.5 cm³/mol. The van der Waals surface area contributed by atoms with Crippen molar-refractivity contribution in [3.63, 3.8) is 0 Å². The molecular weight excluding hydrogens is 186 g/mol. The van der Waals surface area contributed by atoms with E-state index in [-0.39, 0.29) is 12.2 Å². The van der Waals surface area contributed by atoms with Gasteiger partial charge in [-0.1, -0.05) is 35.1 Å². The lowest BCUT2D eigenvalue weighted by molar-refractivity contribution is 0.0996. The van der Waals surface area contributed by atoms with Gasteiger partial charge in [-0.3, -0.25) is 4.79 Å². The minimum Gasteiger partial charge on any atom is -0.410 e. The maximum absolute atomic E-state index is 11.4. The van der Waals surface area contributed by atoms with Gasteiger partial charge in [-0.25, -0.2) is 0 Å². The van der Waals surface area contributed by atoms with Crippen LogP contribution in [0, 0.1) is 0 Å². The predicted octanol–water partition coefficient (Wildman–Crippen LogP) is 2.15. The van der Waals surface area contributed by atoms with Gasteiger partial charge in [0.25, 0.3) is 0 Å². The average molecular weight is 193 g/mol. The minimum atomic E-state index is 0.0159. The lowest BCUT2D eigenvalue weighted by atomic mass is 10.1. The SMILES string of the molecule is O=C1CC(=NO)Sc2ccccc21. The van der Waals surface area contributed by atoms with Crippen molar-refractivity contribution in [3.8, 4) is 0 Å². The van der Waals surface area contributed by atoms with Crippen LogP contribution in [0.5, 0.6) is 0 Å². The van der Waals surface area contributed by atoms with E-state index >= 15 is 0 Å². The highest BCUT2D eigenvalue weighted by atomic mass is 32.2. The second-order valence-corrected chi connectivity index (χ2v) is 3.81. The van der Waals surface area contributed by atoms with Crippen molar-refractivity contribution in [1.29, 1.82) is 0 Å². The van der Waals surface area contributed by atoms with E-state index < -0.39 is 0 Å². The van der Waals surface area contributed by atoms with Crippen molar-refractivity contribution in [2.24, 2.45) is 5.16 Å². The molecule has 1 N–H and O–H groups in total. The molecule has 0 unspecified atom stereocenters. The van der Waals surface area contributed by atoms with E-state index in [4.69, 9.17) is 5.21 Å². The van der Waals surface area contributed by atoms with Crippen molar-refractivity contribution in [3.05, 3.63) is 29.8 Å². The van der Waals surface area contributed by atoms with Crippen LogP contribution in [0.3, 0.4) is 0 Å². The molecule has 1 aliphatic rings. The fourth-order valence-electron chi connectivity index (χ4n) is 1.24. The lowest BCUT2D eigenvalue weighted by Gasteiger charge is -2.13. The fraction of sp³-hybridized carbons (Fsp3) is 0.111. The molecular formula is C9H7NO2S. The molecule has 1 aromatic carbocycles. The first kappa shape index (κ1) is 8.31. The molecule has 0 amide bonds. The van der Waals surface area contributed by atoms with Crippen LogP contribution in [0.1, 0.15) is 16.8 Å². The number of rotatable bonds is 0. The van der Waals surface area contributed by atoms with Gasteiger partial charge in [0, 0.05) is 10.5 Å². The Morgan fingerprint density at radius 2 is 2.15 bits per heavy atom. The highest BCUT2D eigenvalue weighted by Crippen LogP contribution is 2.31. The summed E-state index contributed by atoms with van der Waals surface area (Å²) in [4.78, 5) is 12.3. The van der Waals surface area contributed by atoms with Gasteiger partial charge >= 0.3 is 0 Å². The van der Waals surface area contributed by atoms with Gasteiger partial charge in [0.15, 0.2) is 5.78 Å². The van der Waals surface area contributed by atoms with Crippen LogP contribution >= 0.6 is 11.8 Å². The topological polar surface area (TPSA) is 49.7 Å². The summed E-state index contributed by atoms with van der Waals surface area (Å²) in [5.74, 6) is 0.0159. The van der Waals surface area contributed by atoms with E-state index in [1.807, 2.05) is 18.2 Å². The van der Waals surface area contributed by atoms with E-state index in [2.05, 4.69) is 5.16 Å². The molecule has 0 bridgehead atoms. The van der Waals surface area contributed by atoms with Gasteiger partial charge < -0.3 is 5.21 Å². The van der Waals surface area contributed by atoms with Crippen LogP contribution in [0.25, 0.3) is 0 Å². The molecule has 66 valence electrons. The summed E-state index contributed by atoms with van der Waals surface area (Å²) in [6.45, 7) is 0. The van der Waals surface area contributed by atoms with Gasteiger partial charge in [-0.2, -0.15) is 0 Å². The third-order valence-corrected chi connectivity index (χ3v) is 2.88. The number of hydrogen-bond donors (Lipinski definition) is 1. The van der Waals surface area contributed by atoms with Crippen LogP contribution in [0.15, 0.2) is 34.3 Å². The van der Waals surface area contributed by atoms with Gasteiger partial charge in [0.2, 0.25) is 0 Å². The first-order valence-corrected chi connectivity index (χ1v) is 4.64. The van der Waals surface area contributed by atoms with Crippen molar-refractivity contribution in [2.75, 3.05) is 0 Å². The van der Waals surface area contributed by atoms with Crippen LogP contribution in [0.4, 0.5) is 0 Å². The number of ketones is 1. The Bertz CT molecular complexity index is 387. The highest BCUT2D eigenvalue weighted by Gasteiger charge is 2.21. The number of hydrogen-bond acceptors (Lipinski definition) is 4. The summed E-state index contributed by atoms with van der Waals surface area (Å²) in [6, 6.07) is 7.33. The zero-order valence-electron chi connectivity index (χ0n) is 6.73. The smallest absolute Gasteiger partial charge is 0.170 e. The Morgan fingerprint density at radius 1 is 1.38 bits per heavy atom. The summed E-state index contributed by atoms with van der Waals surface area (Å²) in [5, 5.41) is 12.1. The van der Waals surface area contributed by atoms with Crippen LogP contribution in [-0.2, 0) is 0 Å². The molecule has 0 aromatic heterocycles. The summed E-state index contributed by atoms with van der Waals surface area (Å²) in [6.07, 6.45) is 0.207. The number of carbonyl (C=O) groups is 1. The molecule has 13 heavy (non-hydrogen) atoms. The number of thioether (sulfide) groups is 1. The Balaban J connectivity index is 2.48. The Kier molecular flexibility index (Phi) is 2.06. The van der Waals surface area contributed by atoms with Gasteiger partial charge in [-0.15, -0.1) is 0 Å². The van der Waals surface area contributed by atoms with E-state index in [0.29, 0.717) is 5.04 Å². The molecule has 3 nitrogen and oxygen atoms in total. The Hall–Kier alpha value is -1.29. The number of oxime groups is 1. The molecule has 0 spiro atoms. The third-order valence-electron chi connectivity index (χ3n) is 1.84. The van der Waals surface area contributed by atoms with Gasteiger partial charge in [0.1, 0.15) is 5.04 Å². The van der Waals surface area contributed by atoms with Crippen molar-refractivity contribution < 1.29 is 10.0 Å². The van der Waals surface area contributed by atoms with Crippen LogP contribution in [-0.4, -0.2) is 16.0 Å². The maximum Gasteiger partial charge on any atom is 0.170 e. The Labute approximate surface area is 79.4 Å². The molecule has 1 aromatic rings. The maximum atomic E-state index is 11.4. The normalized spacial score (nSPS) is 18.8. The molecule has 4 heteroatoms. The zero-order valence-corrected chi connectivity index (χ0v) is 7.54. The summed E-state index contributed by atoms with van der Waals surface area (Å²) in [7, 11) is 0. The average Bonchev–Trinajstić information content (AvgIpc) is 2.18. The molecule has 0 saturated heterocycles. The minimum absolute atomic E-state index is 0.0159. The highest BCUT2D eigenvalue weighted by molar-refractivity contribution is 8.14. The van der Waals surface area contributed by atoms with Crippen LogP contribution < -0.4 is 0 Å². The second-order valence-electron chi connectivity index (χ2n) is 2.69. The molecule has 0 fully saturated rings. The standard InChI is InChI=1S/C9H7NO2S/c11-7-5-9(10-12)13-8-4-2-1-3-6(7)8/h1-4,12H,5H2. The number of fused-ring (bicyclic) bond motifs is 1. The Morgan fingerprint density at radius 3 is 2.92 bits per heavy atom. The van der Waals surface area contributed by atoms with Crippen molar-refractivity contribution in [1.82, 2.24) is 0 Å². The number of carbonyl (C=O) groups excluding carboxylic acids is 1. The van der Waals surface area contributed by atoms with Crippen molar-refractivity contribution in [2.45, 2.75) is 11.3 Å². The third kappa shape index (κ3) is 1.45. The van der Waals surface area contributed by atoms with E-state index in [1.54, 1.807) is 6.07 Å². The molecule has 0 radical (unpaired) electrons. The van der Waals surface area contributed by atoms with E-state index in [1.165, 1.54) is 11.8 Å².